The van der Waals surface area contributed by atoms with Gasteiger partial charge in [-0.25, -0.2) is 4.39 Å². The lowest BCUT2D eigenvalue weighted by molar-refractivity contribution is 0.0696. The molecule has 2 aliphatic heterocycles. The highest BCUT2D eigenvalue weighted by Gasteiger charge is 2.46. The van der Waals surface area contributed by atoms with E-state index in [9.17, 15) is 19.1 Å². The number of amides is 2. The molecule has 2 amide bonds. The minimum atomic E-state index is -0.532. The first-order valence-electron chi connectivity index (χ1n) is 11.8. The number of anilines is 1. The van der Waals surface area contributed by atoms with Gasteiger partial charge in [0.1, 0.15) is 5.82 Å². The van der Waals surface area contributed by atoms with E-state index in [1.807, 2.05) is 36.4 Å². The molecule has 2 aliphatic rings. The van der Waals surface area contributed by atoms with Gasteiger partial charge < -0.3 is 20.2 Å². The first-order valence-corrected chi connectivity index (χ1v) is 11.8. The van der Waals surface area contributed by atoms with Crippen LogP contribution in [0.3, 0.4) is 0 Å². The van der Waals surface area contributed by atoms with Crippen molar-refractivity contribution in [2.24, 2.45) is 5.92 Å². The number of hydrogen-bond donors (Lipinski definition) is 2. The van der Waals surface area contributed by atoms with E-state index in [1.54, 1.807) is 36.0 Å². The van der Waals surface area contributed by atoms with Crippen molar-refractivity contribution < 1.29 is 19.1 Å². The Bertz CT molecular complexity index is 1270. The van der Waals surface area contributed by atoms with E-state index in [2.05, 4.69) is 11.4 Å². The molecule has 0 radical (unpaired) electrons. The van der Waals surface area contributed by atoms with Gasteiger partial charge in [-0.05, 0) is 59.5 Å². The summed E-state index contributed by atoms with van der Waals surface area (Å²) in [4.78, 5) is 28.9. The van der Waals surface area contributed by atoms with Crippen LogP contribution in [0.2, 0.25) is 0 Å². The van der Waals surface area contributed by atoms with Gasteiger partial charge in [0.15, 0.2) is 0 Å². The lowest BCUT2D eigenvalue weighted by Gasteiger charge is -2.39. The Morgan fingerprint density at radius 3 is 2.46 bits per heavy atom. The number of nitrogens with zero attached hydrogens (tertiary/aromatic N) is 2. The molecule has 3 aromatic rings. The number of rotatable bonds is 4. The molecule has 0 saturated carbocycles. The summed E-state index contributed by atoms with van der Waals surface area (Å²) in [6, 6.07) is 19.1. The zero-order valence-electron chi connectivity index (χ0n) is 19.7. The van der Waals surface area contributed by atoms with E-state index in [0.717, 1.165) is 22.4 Å². The van der Waals surface area contributed by atoms with Crippen molar-refractivity contribution in [3.05, 3.63) is 89.2 Å². The molecule has 0 aromatic heterocycles. The molecule has 7 heteroatoms. The van der Waals surface area contributed by atoms with Crippen LogP contribution in [-0.2, 0) is 0 Å². The van der Waals surface area contributed by atoms with Crippen LogP contribution in [0.1, 0.15) is 38.7 Å². The lowest BCUT2D eigenvalue weighted by Crippen LogP contribution is -2.43. The second kappa shape index (κ2) is 9.15. The monoisotopic (exact) mass is 473 g/mol. The van der Waals surface area contributed by atoms with Crippen molar-refractivity contribution >= 4 is 17.5 Å². The number of carbonyl (C=O) groups is 2. The number of halogens is 1. The summed E-state index contributed by atoms with van der Waals surface area (Å²) >= 11 is 0. The van der Waals surface area contributed by atoms with Crippen LogP contribution >= 0.6 is 0 Å². The first-order chi connectivity index (χ1) is 16.9. The Hall–Kier alpha value is -3.71. The Labute approximate surface area is 204 Å². The summed E-state index contributed by atoms with van der Waals surface area (Å²) in [6.45, 7) is 0.442. The zero-order chi connectivity index (χ0) is 24.7. The number of carbonyl (C=O) groups excluding carboxylic acids is 2. The molecule has 6 nitrogen and oxygen atoms in total. The van der Waals surface area contributed by atoms with E-state index < -0.39 is 5.82 Å². The van der Waals surface area contributed by atoms with Gasteiger partial charge in [-0.15, -0.1) is 0 Å². The largest absolute Gasteiger partial charge is 0.394 e. The number of likely N-dealkylation sites (tertiary alicyclic amines) is 1. The van der Waals surface area contributed by atoms with E-state index in [1.165, 1.54) is 12.1 Å². The third kappa shape index (κ3) is 4.06. The van der Waals surface area contributed by atoms with Gasteiger partial charge in [0, 0.05) is 37.8 Å². The third-order valence-corrected chi connectivity index (χ3v) is 7.11. The van der Waals surface area contributed by atoms with Crippen molar-refractivity contribution in [3.8, 4) is 11.1 Å². The molecule has 0 spiro atoms. The number of aliphatic hydroxyl groups is 1. The van der Waals surface area contributed by atoms with Crippen molar-refractivity contribution in [1.29, 1.82) is 0 Å². The summed E-state index contributed by atoms with van der Waals surface area (Å²) in [5.41, 5.74) is 4.40. The molecular weight excluding hydrogens is 445 g/mol. The van der Waals surface area contributed by atoms with Crippen LogP contribution < -0.4 is 5.32 Å². The Balaban J connectivity index is 1.53. The van der Waals surface area contributed by atoms with Crippen molar-refractivity contribution in [3.63, 3.8) is 0 Å². The fourth-order valence-corrected chi connectivity index (χ4v) is 5.32. The average molecular weight is 474 g/mol. The molecule has 0 unspecified atom stereocenters. The minimum Gasteiger partial charge on any atom is -0.394 e. The van der Waals surface area contributed by atoms with Gasteiger partial charge in [-0.2, -0.15) is 0 Å². The lowest BCUT2D eigenvalue weighted by atomic mass is 9.82. The molecule has 2 N–H and O–H groups in total. The average Bonchev–Trinajstić information content (AvgIpc) is 3.33. The highest BCUT2D eigenvalue weighted by molar-refractivity contribution is 5.95. The number of nitrogens with one attached hydrogen (secondary N) is 1. The Morgan fingerprint density at radius 1 is 1.06 bits per heavy atom. The Kier molecular flexibility index (Phi) is 6.03. The van der Waals surface area contributed by atoms with E-state index in [-0.39, 0.29) is 42.0 Å². The third-order valence-electron chi connectivity index (χ3n) is 7.11. The number of hydrogen-bond acceptors (Lipinski definition) is 4. The molecule has 35 heavy (non-hydrogen) atoms. The molecular formula is C28H28FN3O3. The Morgan fingerprint density at radius 2 is 1.77 bits per heavy atom. The highest BCUT2D eigenvalue weighted by atomic mass is 19.1. The fourth-order valence-electron chi connectivity index (χ4n) is 5.32. The van der Waals surface area contributed by atoms with Gasteiger partial charge in [0.2, 0.25) is 0 Å². The van der Waals surface area contributed by atoms with Crippen molar-refractivity contribution in [2.75, 3.05) is 32.6 Å². The number of aliphatic hydroxyl groups excluding tert-OH is 1. The van der Waals surface area contributed by atoms with Crippen LogP contribution in [0.15, 0.2) is 66.7 Å². The molecule has 2 heterocycles. The van der Waals surface area contributed by atoms with Crippen LogP contribution in [0.4, 0.5) is 10.1 Å². The molecule has 3 atom stereocenters. The molecule has 5 rings (SSSR count). The maximum Gasteiger partial charge on any atom is 0.257 e. The highest BCUT2D eigenvalue weighted by Crippen LogP contribution is 2.47. The topological polar surface area (TPSA) is 72.9 Å². The molecule has 3 aromatic carbocycles. The maximum absolute atomic E-state index is 14.5. The molecule has 1 fully saturated rings. The second-order valence-electron chi connectivity index (χ2n) is 9.39. The van der Waals surface area contributed by atoms with Crippen LogP contribution in [-0.4, -0.2) is 60.0 Å². The van der Waals surface area contributed by atoms with Crippen LogP contribution in [0.25, 0.3) is 11.1 Å². The van der Waals surface area contributed by atoms with E-state index in [4.69, 9.17) is 0 Å². The fraction of sp³-hybridized carbons (Fsp3) is 0.286. The summed E-state index contributed by atoms with van der Waals surface area (Å²) in [5.74, 6) is -0.914. The predicted octanol–water partition coefficient (Wildman–Crippen LogP) is 4.18. The zero-order valence-corrected chi connectivity index (χ0v) is 19.7. The van der Waals surface area contributed by atoms with Crippen LogP contribution in [0.5, 0.6) is 0 Å². The minimum absolute atomic E-state index is 0.0126. The molecule has 0 bridgehead atoms. The number of fused-ring (bicyclic) bond motifs is 3. The first kappa shape index (κ1) is 23.1. The van der Waals surface area contributed by atoms with Gasteiger partial charge in [-0.1, -0.05) is 30.3 Å². The maximum atomic E-state index is 14.5. The number of benzene rings is 3. The summed E-state index contributed by atoms with van der Waals surface area (Å²) in [6.07, 6.45) is 0.716. The summed E-state index contributed by atoms with van der Waals surface area (Å²) < 4.78 is 14.5. The summed E-state index contributed by atoms with van der Waals surface area (Å²) in [5, 5.41) is 13.5. The normalized spacial score (nSPS) is 20.6. The van der Waals surface area contributed by atoms with Crippen LogP contribution in [0, 0.1) is 11.7 Å². The molecule has 180 valence electrons. The van der Waals surface area contributed by atoms with Gasteiger partial charge in [-0.3, -0.25) is 9.59 Å². The molecule has 1 saturated heterocycles. The van der Waals surface area contributed by atoms with E-state index in [0.29, 0.717) is 18.5 Å². The van der Waals surface area contributed by atoms with Gasteiger partial charge >= 0.3 is 0 Å². The van der Waals surface area contributed by atoms with Gasteiger partial charge in [0.05, 0.1) is 24.3 Å². The van der Waals surface area contributed by atoms with Crippen molar-refractivity contribution in [1.82, 2.24) is 9.80 Å². The predicted molar refractivity (Wildman–Crippen MR) is 133 cm³/mol. The smallest absolute Gasteiger partial charge is 0.257 e. The SMILES string of the molecule is CN(C)C(=O)c1ccc(-c2ccc3c(c2)[C@H]2[C@H](CCN2C(=O)c2ccccc2F)[C@@H](CO)N3)cc1. The standard InChI is InChI=1S/C28H28FN3O3/c1-31(2)27(34)18-9-7-17(8-10-18)19-11-12-24-22(15-19)26-21(25(16-33)30-24)13-14-32(26)28(35)20-5-3-4-6-23(20)29/h3-12,15,21,25-26,30,33H,13-14,16H2,1-2H3/t21-,25-,26-/m1/s1. The van der Waals surface area contributed by atoms with Gasteiger partial charge in [0.25, 0.3) is 11.8 Å². The quantitative estimate of drug-likeness (QED) is 0.596. The van der Waals surface area contributed by atoms with E-state index >= 15 is 0 Å². The molecule has 0 aliphatic carbocycles. The summed E-state index contributed by atoms with van der Waals surface area (Å²) in [7, 11) is 3.44. The second-order valence-corrected chi connectivity index (χ2v) is 9.39. The van der Waals surface area contributed by atoms with Crippen molar-refractivity contribution in [2.45, 2.75) is 18.5 Å².